The first-order chi connectivity index (χ1) is 10.6. The first-order valence-electron chi connectivity index (χ1n) is 6.64. The molecule has 10 heteroatoms. The number of nitrogens with zero attached hydrogens (tertiary/aromatic N) is 2. The van der Waals surface area contributed by atoms with Gasteiger partial charge in [0.25, 0.3) is 5.92 Å². The number of carbonyl (C=O) groups excluding carboxylic acids is 1. The lowest BCUT2D eigenvalue weighted by Crippen LogP contribution is -2.58. The van der Waals surface area contributed by atoms with E-state index < -0.39 is 37.7 Å². The second-order valence-corrected chi connectivity index (χ2v) is 5.18. The fourth-order valence-electron chi connectivity index (χ4n) is 1.97. The molecule has 1 aliphatic heterocycles. The number of ether oxygens (including phenoxy) is 1. The van der Waals surface area contributed by atoms with Gasteiger partial charge in [0.15, 0.2) is 6.61 Å². The van der Waals surface area contributed by atoms with Crippen LogP contribution in [0.15, 0.2) is 18.3 Å². The lowest BCUT2D eigenvalue weighted by atomic mass is 10.1. The molecule has 1 aliphatic rings. The summed E-state index contributed by atoms with van der Waals surface area (Å²) >= 11 is 0. The predicted octanol–water partition coefficient (Wildman–Crippen LogP) is 1.59. The van der Waals surface area contributed by atoms with Gasteiger partial charge in [0.2, 0.25) is 11.8 Å². The molecule has 0 bridgehead atoms. The highest BCUT2D eigenvalue weighted by atomic mass is 19.4. The fourth-order valence-corrected chi connectivity index (χ4v) is 1.97. The van der Waals surface area contributed by atoms with Gasteiger partial charge < -0.3 is 10.1 Å². The Morgan fingerprint density at radius 2 is 2.09 bits per heavy atom. The van der Waals surface area contributed by atoms with E-state index in [1.54, 1.807) is 0 Å². The van der Waals surface area contributed by atoms with Gasteiger partial charge in [-0.15, -0.1) is 0 Å². The number of carbonyl (C=O) groups is 1. The number of pyridine rings is 1. The minimum atomic E-state index is -4.47. The molecule has 0 radical (unpaired) electrons. The molecular weight excluding hydrogens is 325 g/mol. The van der Waals surface area contributed by atoms with Crippen LogP contribution in [0.2, 0.25) is 0 Å². The van der Waals surface area contributed by atoms with Crippen molar-refractivity contribution in [2.75, 3.05) is 26.2 Å². The average molecular weight is 339 g/mol. The van der Waals surface area contributed by atoms with E-state index in [9.17, 15) is 26.7 Å². The van der Waals surface area contributed by atoms with Gasteiger partial charge in [-0.2, -0.15) is 13.2 Å². The fraction of sp³-hybridized carbons (Fsp3) is 0.538. The molecule has 2 heterocycles. The highest BCUT2D eigenvalue weighted by molar-refractivity contribution is 5.78. The standard InChI is InChI=1S/C13H14F5N3O2/c14-12(15)6-21(7-12)5-10(22)20-4-9-1-2-19-11(3-9)23-8-13(16,17)18/h1-3H,4-8H2,(H,20,22). The summed E-state index contributed by atoms with van der Waals surface area (Å²) < 4.78 is 65.9. The lowest BCUT2D eigenvalue weighted by molar-refractivity contribution is -0.154. The van der Waals surface area contributed by atoms with Crippen molar-refractivity contribution in [2.45, 2.75) is 18.6 Å². The Hall–Kier alpha value is -1.97. The molecule has 1 N–H and O–H groups in total. The van der Waals surface area contributed by atoms with Crippen molar-refractivity contribution in [3.05, 3.63) is 23.9 Å². The number of halogens is 5. The SMILES string of the molecule is O=C(CN1CC(F)(F)C1)NCc1ccnc(OCC(F)(F)F)c1. The Morgan fingerprint density at radius 1 is 1.39 bits per heavy atom. The number of hydrogen-bond donors (Lipinski definition) is 1. The Bertz CT molecular complexity index is 557. The van der Waals surface area contributed by atoms with Crippen LogP contribution in [0.25, 0.3) is 0 Å². The van der Waals surface area contributed by atoms with Crippen LogP contribution < -0.4 is 10.1 Å². The second kappa shape index (κ2) is 6.65. The summed E-state index contributed by atoms with van der Waals surface area (Å²) in [6.45, 7) is -2.48. The monoisotopic (exact) mass is 339 g/mol. The van der Waals surface area contributed by atoms with Gasteiger partial charge in [-0.3, -0.25) is 9.69 Å². The number of alkyl halides is 5. The second-order valence-electron chi connectivity index (χ2n) is 5.18. The Kier molecular flexibility index (Phi) is 5.03. The Morgan fingerprint density at radius 3 is 2.70 bits per heavy atom. The van der Waals surface area contributed by atoms with E-state index in [4.69, 9.17) is 0 Å². The molecule has 1 amide bonds. The van der Waals surface area contributed by atoms with Crippen LogP contribution in [0.1, 0.15) is 5.56 Å². The summed E-state index contributed by atoms with van der Waals surface area (Å²) in [6.07, 6.45) is -3.21. The molecule has 128 valence electrons. The third-order valence-corrected chi connectivity index (χ3v) is 2.95. The maximum absolute atomic E-state index is 12.6. The van der Waals surface area contributed by atoms with Crippen LogP contribution in [0, 0.1) is 0 Å². The largest absolute Gasteiger partial charge is 0.468 e. The van der Waals surface area contributed by atoms with E-state index in [2.05, 4.69) is 15.0 Å². The summed E-state index contributed by atoms with van der Waals surface area (Å²) in [7, 11) is 0. The molecule has 23 heavy (non-hydrogen) atoms. The van der Waals surface area contributed by atoms with Crippen LogP contribution in [0.4, 0.5) is 22.0 Å². The molecule has 0 unspecified atom stereocenters. The van der Waals surface area contributed by atoms with Crippen LogP contribution in [-0.2, 0) is 11.3 Å². The molecule has 1 aromatic rings. The van der Waals surface area contributed by atoms with Crippen LogP contribution in [-0.4, -0.2) is 54.1 Å². The van der Waals surface area contributed by atoms with Crippen molar-refractivity contribution in [2.24, 2.45) is 0 Å². The van der Waals surface area contributed by atoms with Crippen LogP contribution in [0.3, 0.4) is 0 Å². The first kappa shape index (κ1) is 17.4. The van der Waals surface area contributed by atoms with Gasteiger partial charge in [0.1, 0.15) is 0 Å². The number of likely N-dealkylation sites (tertiary alicyclic amines) is 1. The van der Waals surface area contributed by atoms with E-state index in [0.29, 0.717) is 5.56 Å². The first-order valence-corrected chi connectivity index (χ1v) is 6.64. The molecule has 5 nitrogen and oxygen atoms in total. The molecule has 0 spiro atoms. The number of aromatic nitrogens is 1. The maximum atomic E-state index is 12.6. The minimum absolute atomic E-state index is 0.0357. The van der Waals surface area contributed by atoms with Gasteiger partial charge in [-0.1, -0.05) is 0 Å². The van der Waals surface area contributed by atoms with Crippen molar-refractivity contribution in [1.82, 2.24) is 15.2 Å². The number of hydrogen-bond acceptors (Lipinski definition) is 4. The summed E-state index contributed by atoms with van der Waals surface area (Å²) in [5, 5.41) is 2.49. The van der Waals surface area contributed by atoms with Gasteiger partial charge in [0.05, 0.1) is 19.6 Å². The van der Waals surface area contributed by atoms with E-state index in [1.165, 1.54) is 23.2 Å². The molecule has 0 aliphatic carbocycles. The van der Waals surface area contributed by atoms with Crippen LogP contribution >= 0.6 is 0 Å². The highest BCUT2D eigenvalue weighted by Gasteiger charge is 2.44. The Labute approximate surface area is 128 Å². The predicted molar refractivity (Wildman–Crippen MR) is 69.0 cm³/mol. The van der Waals surface area contributed by atoms with Crippen molar-refractivity contribution in [3.63, 3.8) is 0 Å². The van der Waals surface area contributed by atoms with Crippen molar-refractivity contribution >= 4 is 5.91 Å². The normalized spacial score (nSPS) is 17.4. The quantitative estimate of drug-likeness (QED) is 0.800. The molecule has 2 rings (SSSR count). The molecule has 1 aromatic heterocycles. The number of rotatable bonds is 6. The zero-order valence-electron chi connectivity index (χ0n) is 11.9. The molecule has 0 aromatic carbocycles. The molecule has 1 fully saturated rings. The number of nitrogens with one attached hydrogen (secondary N) is 1. The van der Waals surface area contributed by atoms with Gasteiger partial charge in [0, 0.05) is 18.8 Å². The van der Waals surface area contributed by atoms with E-state index in [0.717, 1.165) is 0 Å². The molecule has 0 saturated carbocycles. The Balaban J connectivity index is 1.76. The molecular formula is C13H14F5N3O2. The minimum Gasteiger partial charge on any atom is -0.468 e. The maximum Gasteiger partial charge on any atom is 0.422 e. The summed E-state index contributed by atoms with van der Waals surface area (Å²) in [6, 6.07) is 2.77. The van der Waals surface area contributed by atoms with Crippen molar-refractivity contribution in [3.8, 4) is 5.88 Å². The molecule has 0 atom stereocenters. The van der Waals surface area contributed by atoms with Gasteiger partial charge in [-0.25, -0.2) is 13.8 Å². The highest BCUT2D eigenvalue weighted by Crippen LogP contribution is 2.25. The van der Waals surface area contributed by atoms with Crippen molar-refractivity contribution < 1.29 is 31.5 Å². The van der Waals surface area contributed by atoms with E-state index in [-0.39, 0.29) is 19.0 Å². The number of amides is 1. The van der Waals surface area contributed by atoms with Crippen molar-refractivity contribution in [1.29, 1.82) is 0 Å². The van der Waals surface area contributed by atoms with Gasteiger partial charge in [-0.05, 0) is 11.6 Å². The van der Waals surface area contributed by atoms with Gasteiger partial charge >= 0.3 is 6.18 Å². The van der Waals surface area contributed by atoms with Crippen LogP contribution in [0.5, 0.6) is 5.88 Å². The lowest BCUT2D eigenvalue weighted by Gasteiger charge is -2.37. The third-order valence-electron chi connectivity index (χ3n) is 2.95. The summed E-state index contributed by atoms with van der Waals surface area (Å²) in [5.74, 6) is -3.40. The van der Waals surface area contributed by atoms with E-state index in [1.807, 2.05) is 0 Å². The molecule has 1 saturated heterocycles. The zero-order valence-corrected chi connectivity index (χ0v) is 11.9. The van der Waals surface area contributed by atoms with E-state index >= 15 is 0 Å². The summed E-state index contributed by atoms with van der Waals surface area (Å²) in [4.78, 5) is 16.5. The summed E-state index contributed by atoms with van der Waals surface area (Å²) in [5.41, 5.74) is 0.486. The zero-order chi connectivity index (χ0) is 17.1. The smallest absolute Gasteiger partial charge is 0.422 e. The topological polar surface area (TPSA) is 54.5 Å². The average Bonchev–Trinajstić information content (AvgIpc) is 2.41. The third kappa shape index (κ3) is 5.97.